The van der Waals surface area contributed by atoms with Gasteiger partial charge in [-0.1, -0.05) is 167 Å². The fraction of sp³-hybridized carbons (Fsp3) is 0.818. The van der Waals surface area contributed by atoms with Crippen LogP contribution >= 0.6 is 0 Å². The van der Waals surface area contributed by atoms with Crippen molar-refractivity contribution in [2.45, 2.75) is 218 Å². The Bertz CT molecular complexity index is 931. The standard InChI is InChI=1S/C44H74O6/c1-3-5-7-9-15-21-31-39-41(49-39)33-23-17-11-13-19-27-35-47-43(45)37-29-25-26-30-38(37)44(46)48-36-28-20-14-12-18-24-34-42-40(50-42)32-22-16-10-8-6-4-2/h25-26,29-30,39-42H,3-24,27-28,31-36H2,1-2H3. The van der Waals surface area contributed by atoms with E-state index in [0.717, 1.165) is 38.5 Å². The van der Waals surface area contributed by atoms with Crippen LogP contribution in [0.15, 0.2) is 24.3 Å². The second-order valence-electron chi connectivity index (χ2n) is 15.2. The van der Waals surface area contributed by atoms with Gasteiger partial charge in [0.2, 0.25) is 0 Å². The van der Waals surface area contributed by atoms with Crippen molar-refractivity contribution in [3.63, 3.8) is 0 Å². The molecule has 0 aliphatic carbocycles. The summed E-state index contributed by atoms with van der Waals surface area (Å²) in [5.74, 6) is -0.884. The van der Waals surface area contributed by atoms with Gasteiger partial charge in [-0.2, -0.15) is 0 Å². The van der Waals surface area contributed by atoms with E-state index >= 15 is 0 Å². The number of carbonyl (C=O) groups excluding carboxylic acids is 2. The first kappa shape index (κ1) is 42.5. The summed E-state index contributed by atoms with van der Waals surface area (Å²) in [6, 6.07) is 6.85. The van der Waals surface area contributed by atoms with Gasteiger partial charge in [0.15, 0.2) is 0 Å². The molecule has 0 bridgehead atoms. The van der Waals surface area contributed by atoms with Crippen molar-refractivity contribution >= 4 is 11.9 Å². The van der Waals surface area contributed by atoms with E-state index in [-0.39, 0.29) is 0 Å². The summed E-state index contributed by atoms with van der Waals surface area (Å²) in [4.78, 5) is 25.5. The first-order valence-corrected chi connectivity index (χ1v) is 21.4. The number of hydrogen-bond donors (Lipinski definition) is 0. The predicted molar refractivity (Wildman–Crippen MR) is 205 cm³/mol. The number of unbranched alkanes of at least 4 members (excludes halogenated alkanes) is 20. The molecule has 2 aliphatic rings. The summed E-state index contributed by atoms with van der Waals surface area (Å²) >= 11 is 0. The molecule has 0 aromatic heterocycles. The molecule has 0 amide bonds. The van der Waals surface area contributed by atoms with Gasteiger partial charge >= 0.3 is 11.9 Å². The third-order valence-corrected chi connectivity index (χ3v) is 10.7. The summed E-state index contributed by atoms with van der Waals surface area (Å²) in [6.07, 6.45) is 36.8. The molecule has 2 heterocycles. The van der Waals surface area contributed by atoms with Crippen LogP contribution in [0.5, 0.6) is 0 Å². The summed E-state index contributed by atoms with van der Waals surface area (Å²) in [7, 11) is 0. The molecule has 1 aromatic carbocycles. The van der Waals surface area contributed by atoms with Crippen molar-refractivity contribution in [3.05, 3.63) is 35.4 Å². The van der Waals surface area contributed by atoms with E-state index in [1.165, 1.54) is 141 Å². The zero-order valence-electron chi connectivity index (χ0n) is 32.3. The Morgan fingerprint density at radius 3 is 1.04 bits per heavy atom. The van der Waals surface area contributed by atoms with Crippen molar-refractivity contribution in [3.8, 4) is 0 Å². The lowest BCUT2D eigenvalue weighted by molar-refractivity contribution is 0.0450. The average Bonchev–Trinajstić information content (AvgIpc) is 4.06. The fourth-order valence-electron chi connectivity index (χ4n) is 7.26. The molecule has 0 radical (unpaired) electrons. The smallest absolute Gasteiger partial charge is 0.339 e. The summed E-state index contributed by atoms with van der Waals surface area (Å²) in [5.41, 5.74) is 0.590. The van der Waals surface area contributed by atoms with Crippen LogP contribution in [0.25, 0.3) is 0 Å². The highest BCUT2D eigenvalue weighted by Crippen LogP contribution is 2.33. The van der Waals surface area contributed by atoms with Gasteiger partial charge < -0.3 is 18.9 Å². The lowest BCUT2D eigenvalue weighted by atomic mass is 10.0. The van der Waals surface area contributed by atoms with Gasteiger partial charge in [0.25, 0.3) is 0 Å². The molecule has 4 atom stereocenters. The molecule has 6 heteroatoms. The van der Waals surface area contributed by atoms with E-state index in [1.807, 2.05) is 0 Å². The summed E-state index contributed by atoms with van der Waals surface area (Å²) < 4.78 is 22.8. The van der Waals surface area contributed by atoms with Gasteiger partial charge in [0.1, 0.15) is 0 Å². The lowest BCUT2D eigenvalue weighted by Crippen LogP contribution is -2.15. The van der Waals surface area contributed by atoms with E-state index in [4.69, 9.17) is 18.9 Å². The Balaban J connectivity index is 1.10. The molecule has 2 saturated heterocycles. The molecule has 3 rings (SSSR count). The van der Waals surface area contributed by atoms with Crippen LogP contribution in [-0.2, 0) is 18.9 Å². The number of epoxide rings is 2. The SMILES string of the molecule is CCCCCCCCC1OC1CCCCCCCCOC(=O)c1ccccc1C(=O)OCCCCCCCCC1OC1CCCCCCCC. The molecule has 2 fully saturated rings. The highest BCUT2D eigenvalue weighted by Gasteiger charge is 2.37. The van der Waals surface area contributed by atoms with Gasteiger partial charge in [-0.25, -0.2) is 9.59 Å². The zero-order chi connectivity index (χ0) is 35.5. The maximum absolute atomic E-state index is 12.8. The van der Waals surface area contributed by atoms with Gasteiger partial charge in [-0.3, -0.25) is 0 Å². The number of ether oxygens (including phenoxy) is 4. The Kier molecular flexibility index (Phi) is 23.5. The van der Waals surface area contributed by atoms with Crippen LogP contribution in [0.2, 0.25) is 0 Å². The molecular weight excluding hydrogens is 624 g/mol. The lowest BCUT2D eigenvalue weighted by Gasteiger charge is -2.10. The second kappa shape index (κ2) is 27.7. The Morgan fingerprint density at radius 1 is 0.440 bits per heavy atom. The van der Waals surface area contributed by atoms with Crippen molar-refractivity contribution < 1.29 is 28.5 Å². The molecule has 1 aromatic rings. The monoisotopic (exact) mass is 699 g/mol. The minimum absolute atomic E-state index is 0.295. The molecule has 2 aliphatic heterocycles. The predicted octanol–water partition coefficient (Wildman–Crippen LogP) is 12.5. The number of benzene rings is 1. The van der Waals surface area contributed by atoms with Crippen molar-refractivity contribution in [2.24, 2.45) is 0 Å². The zero-order valence-corrected chi connectivity index (χ0v) is 32.3. The minimum Gasteiger partial charge on any atom is -0.462 e. The topological polar surface area (TPSA) is 77.7 Å². The maximum atomic E-state index is 12.8. The Hall–Kier alpha value is -1.92. The number of esters is 2. The van der Waals surface area contributed by atoms with E-state index in [0.29, 0.717) is 48.8 Å². The normalized spacial score (nSPS) is 19.4. The molecule has 50 heavy (non-hydrogen) atoms. The molecule has 0 N–H and O–H groups in total. The van der Waals surface area contributed by atoms with Crippen molar-refractivity contribution in [1.29, 1.82) is 0 Å². The maximum Gasteiger partial charge on any atom is 0.339 e. The Labute approximate surface area is 306 Å². The average molecular weight is 699 g/mol. The van der Waals surface area contributed by atoms with Gasteiger partial charge in [0.05, 0.1) is 48.8 Å². The van der Waals surface area contributed by atoms with E-state index in [1.54, 1.807) is 24.3 Å². The molecule has 4 unspecified atom stereocenters. The Morgan fingerprint density at radius 2 is 0.720 bits per heavy atom. The van der Waals surface area contributed by atoms with Crippen LogP contribution in [0.1, 0.15) is 214 Å². The third-order valence-electron chi connectivity index (χ3n) is 10.7. The van der Waals surface area contributed by atoms with Crippen LogP contribution < -0.4 is 0 Å². The largest absolute Gasteiger partial charge is 0.462 e. The first-order chi connectivity index (χ1) is 24.6. The van der Waals surface area contributed by atoms with E-state index in [9.17, 15) is 9.59 Å². The van der Waals surface area contributed by atoms with Crippen molar-refractivity contribution in [2.75, 3.05) is 13.2 Å². The summed E-state index contributed by atoms with van der Waals surface area (Å²) in [6.45, 7) is 5.30. The molecular formula is C44H74O6. The minimum atomic E-state index is -0.442. The number of rotatable bonds is 34. The van der Waals surface area contributed by atoms with Crippen molar-refractivity contribution in [1.82, 2.24) is 0 Å². The van der Waals surface area contributed by atoms with Crippen LogP contribution in [0.3, 0.4) is 0 Å². The summed E-state index contributed by atoms with van der Waals surface area (Å²) in [5, 5.41) is 0. The molecule has 0 spiro atoms. The van der Waals surface area contributed by atoms with Gasteiger partial charge in [0, 0.05) is 0 Å². The van der Waals surface area contributed by atoms with E-state index < -0.39 is 11.9 Å². The molecule has 6 nitrogen and oxygen atoms in total. The van der Waals surface area contributed by atoms with Crippen LogP contribution in [0, 0.1) is 0 Å². The van der Waals surface area contributed by atoms with Crippen LogP contribution in [-0.4, -0.2) is 49.6 Å². The molecule has 286 valence electrons. The van der Waals surface area contributed by atoms with Crippen LogP contribution in [0.4, 0.5) is 0 Å². The highest BCUT2D eigenvalue weighted by molar-refractivity contribution is 6.03. The molecule has 0 saturated carbocycles. The fourth-order valence-corrected chi connectivity index (χ4v) is 7.26. The first-order valence-electron chi connectivity index (χ1n) is 21.4. The van der Waals surface area contributed by atoms with E-state index in [2.05, 4.69) is 13.8 Å². The van der Waals surface area contributed by atoms with Gasteiger partial charge in [-0.15, -0.1) is 0 Å². The third kappa shape index (κ3) is 19.6. The number of hydrogen-bond acceptors (Lipinski definition) is 6. The second-order valence-corrected chi connectivity index (χ2v) is 15.2. The number of carbonyl (C=O) groups is 2. The van der Waals surface area contributed by atoms with Gasteiger partial charge in [-0.05, 0) is 50.7 Å². The highest BCUT2D eigenvalue weighted by atomic mass is 16.6. The quantitative estimate of drug-likeness (QED) is 0.0405.